The quantitative estimate of drug-likeness (QED) is 0.428. The predicted molar refractivity (Wildman–Crippen MR) is 127 cm³/mol. The summed E-state index contributed by atoms with van der Waals surface area (Å²) in [6.07, 6.45) is 0. The smallest absolute Gasteiger partial charge is 0.258 e. The summed E-state index contributed by atoms with van der Waals surface area (Å²) < 4.78 is 21.5. The summed E-state index contributed by atoms with van der Waals surface area (Å²) in [5.41, 5.74) is 1.81. The molecule has 0 fully saturated rings. The first-order chi connectivity index (χ1) is 16.6. The van der Waals surface area contributed by atoms with Crippen molar-refractivity contribution in [3.05, 3.63) is 83.9 Å². The van der Waals surface area contributed by atoms with E-state index in [1.807, 2.05) is 48.5 Å². The SMILES string of the molecule is COc1ccccc1OCC(=O)NCc1cccc(CNC(=O)COc2ccccc2OC)c1. The minimum atomic E-state index is -0.252. The molecule has 0 radical (unpaired) electrons. The van der Waals surface area contributed by atoms with Crippen LogP contribution in [0.3, 0.4) is 0 Å². The van der Waals surface area contributed by atoms with Gasteiger partial charge in [0.05, 0.1) is 14.2 Å². The number of hydrogen-bond acceptors (Lipinski definition) is 6. The molecule has 34 heavy (non-hydrogen) atoms. The molecule has 3 aromatic rings. The summed E-state index contributed by atoms with van der Waals surface area (Å²) in [6, 6.07) is 21.9. The van der Waals surface area contributed by atoms with E-state index in [0.717, 1.165) is 11.1 Å². The Labute approximate surface area is 198 Å². The van der Waals surface area contributed by atoms with Gasteiger partial charge in [0.2, 0.25) is 0 Å². The van der Waals surface area contributed by atoms with Crippen molar-refractivity contribution in [1.29, 1.82) is 0 Å². The minimum Gasteiger partial charge on any atom is -0.493 e. The van der Waals surface area contributed by atoms with Crippen LogP contribution in [0.15, 0.2) is 72.8 Å². The Morgan fingerprint density at radius 3 is 1.44 bits per heavy atom. The maximum Gasteiger partial charge on any atom is 0.258 e. The fraction of sp³-hybridized carbons (Fsp3) is 0.231. The van der Waals surface area contributed by atoms with Gasteiger partial charge in [-0.05, 0) is 35.4 Å². The summed E-state index contributed by atoms with van der Waals surface area (Å²) in [4.78, 5) is 24.3. The van der Waals surface area contributed by atoms with Crippen molar-refractivity contribution in [2.24, 2.45) is 0 Å². The van der Waals surface area contributed by atoms with Crippen molar-refractivity contribution in [1.82, 2.24) is 10.6 Å². The van der Waals surface area contributed by atoms with Crippen molar-refractivity contribution in [2.45, 2.75) is 13.1 Å². The second-order valence-electron chi connectivity index (χ2n) is 7.25. The zero-order chi connectivity index (χ0) is 24.2. The maximum absolute atomic E-state index is 12.2. The van der Waals surface area contributed by atoms with Gasteiger partial charge in [0.1, 0.15) is 0 Å². The van der Waals surface area contributed by atoms with Crippen LogP contribution in [0.2, 0.25) is 0 Å². The summed E-state index contributed by atoms with van der Waals surface area (Å²) in [7, 11) is 3.09. The molecule has 0 heterocycles. The molecule has 0 saturated carbocycles. The molecule has 0 aromatic heterocycles. The maximum atomic E-state index is 12.2. The Morgan fingerprint density at radius 2 is 1.03 bits per heavy atom. The fourth-order valence-corrected chi connectivity index (χ4v) is 3.12. The van der Waals surface area contributed by atoms with Crippen LogP contribution in [-0.2, 0) is 22.7 Å². The Balaban J connectivity index is 1.41. The number of para-hydroxylation sites is 4. The van der Waals surface area contributed by atoms with Gasteiger partial charge >= 0.3 is 0 Å². The predicted octanol–water partition coefficient (Wildman–Crippen LogP) is 3.09. The van der Waals surface area contributed by atoms with Gasteiger partial charge in [-0.3, -0.25) is 9.59 Å². The van der Waals surface area contributed by atoms with Gasteiger partial charge in [0, 0.05) is 13.1 Å². The molecule has 2 N–H and O–H groups in total. The van der Waals surface area contributed by atoms with Crippen LogP contribution in [0.5, 0.6) is 23.0 Å². The third kappa shape index (κ3) is 7.44. The van der Waals surface area contributed by atoms with Crippen LogP contribution in [0.4, 0.5) is 0 Å². The highest BCUT2D eigenvalue weighted by Crippen LogP contribution is 2.26. The molecular formula is C26H28N2O6. The lowest BCUT2D eigenvalue weighted by Gasteiger charge is -2.12. The van der Waals surface area contributed by atoms with Gasteiger partial charge in [-0.15, -0.1) is 0 Å². The molecule has 0 aliphatic heterocycles. The molecule has 0 saturated heterocycles. The average Bonchev–Trinajstić information content (AvgIpc) is 2.88. The van der Waals surface area contributed by atoms with Gasteiger partial charge in [-0.2, -0.15) is 0 Å². The summed E-state index contributed by atoms with van der Waals surface area (Å²) in [5, 5.41) is 5.65. The van der Waals surface area contributed by atoms with Gasteiger partial charge in [-0.1, -0.05) is 48.5 Å². The topological polar surface area (TPSA) is 95.1 Å². The first-order valence-electron chi connectivity index (χ1n) is 10.7. The number of nitrogens with one attached hydrogen (secondary N) is 2. The van der Waals surface area contributed by atoms with Crippen molar-refractivity contribution in [3.63, 3.8) is 0 Å². The molecule has 0 bridgehead atoms. The third-order valence-corrected chi connectivity index (χ3v) is 4.83. The molecule has 3 aromatic carbocycles. The standard InChI is InChI=1S/C26H28N2O6/c1-31-21-10-3-5-12-23(21)33-17-25(29)27-15-19-8-7-9-20(14-19)16-28-26(30)18-34-24-13-6-4-11-22(24)32-2/h3-14H,15-18H2,1-2H3,(H,27,29)(H,28,30). The highest BCUT2D eigenvalue weighted by molar-refractivity contribution is 5.78. The molecular weight excluding hydrogens is 436 g/mol. The van der Waals surface area contributed by atoms with E-state index in [9.17, 15) is 9.59 Å². The number of hydrogen-bond donors (Lipinski definition) is 2. The molecule has 0 atom stereocenters. The number of rotatable bonds is 12. The lowest BCUT2D eigenvalue weighted by Crippen LogP contribution is -2.29. The monoisotopic (exact) mass is 464 g/mol. The number of methoxy groups -OCH3 is 2. The summed E-state index contributed by atoms with van der Waals surface area (Å²) in [6.45, 7) is 0.435. The highest BCUT2D eigenvalue weighted by Gasteiger charge is 2.09. The highest BCUT2D eigenvalue weighted by atomic mass is 16.5. The van der Waals surface area contributed by atoms with E-state index >= 15 is 0 Å². The Bertz CT molecular complexity index is 1020. The summed E-state index contributed by atoms with van der Waals surface area (Å²) in [5.74, 6) is 1.65. The lowest BCUT2D eigenvalue weighted by atomic mass is 10.1. The van der Waals surface area contributed by atoms with Crippen molar-refractivity contribution < 1.29 is 28.5 Å². The normalized spacial score (nSPS) is 10.2. The van der Waals surface area contributed by atoms with Crippen LogP contribution in [0, 0.1) is 0 Å². The second kappa shape index (κ2) is 12.7. The van der Waals surface area contributed by atoms with Gasteiger partial charge < -0.3 is 29.6 Å². The molecule has 3 rings (SSSR count). The number of carbonyl (C=O) groups excluding carboxylic acids is 2. The Kier molecular flexibility index (Phi) is 9.16. The van der Waals surface area contributed by atoms with E-state index in [0.29, 0.717) is 36.1 Å². The van der Waals surface area contributed by atoms with Crippen LogP contribution in [0.25, 0.3) is 0 Å². The number of ether oxygens (including phenoxy) is 4. The second-order valence-corrected chi connectivity index (χ2v) is 7.25. The first kappa shape index (κ1) is 24.4. The zero-order valence-corrected chi connectivity index (χ0v) is 19.2. The average molecular weight is 465 g/mol. The van der Waals surface area contributed by atoms with Crippen molar-refractivity contribution in [2.75, 3.05) is 27.4 Å². The fourth-order valence-electron chi connectivity index (χ4n) is 3.12. The van der Waals surface area contributed by atoms with E-state index in [1.54, 1.807) is 38.5 Å². The third-order valence-electron chi connectivity index (χ3n) is 4.83. The van der Waals surface area contributed by atoms with Gasteiger partial charge in [-0.25, -0.2) is 0 Å². The molecule has 0 unspecified atom stereocenters. The largest absolute Gasteiger partial charge is 0.493 e. The van der Waals surface area contributed by atoms with E-state index in [2.05, 4.69) is 10.6 Å². The number of carbonyl (C=O) groups is 2. The van der Waals surface area contributed by atoms with E-state index in [1.165, 1.54) is 0 Å². The van der Waals surface area contributed by atoms with Crippen LogP contribution in [-0.4, -0.2) is 39.2 Å². The minimum absolute atomic E-state index is 0.123. The summed E-state index contributed by atoms with van der Waals surface area (Å²) >= 11 is 0. The molecule has 2 amide bonds. The van der Waals surface area contributed by atoms with Crippen LogP contribution in [0.1, 0.15) is 11.1 Å². The Morgan fingerprint density at radius 1 is 0.618 bits per heavy atom. The van der Waals surface area contributed by atoms with E-state index < -0.39 is 0 Å². The van der Waals surface area contributed by atoms with E-state index in [-0.39, 0.29) is 25.0 Å². The van der Waals surface area contributed by atoms with Crippen molar-refractivity contribution in [3.8, 4) is 23.0 Å². The molecule has 0 aliphatic rings. The molecule has 8 heteroatoms. The Hall–Kier alpha value is -4.20. The molecule has 8 nitrogen and oxygen atoms in total. The zero-order valence-electron chi connectivity index (χ0n) is 19.2. The van der Waals surface area contributed by atoms with Gasteiger partial charge in [0.15, 0.2) is 36.2 Å². The van der Waals surface area contributed by atoms with Crippen LogP contribution < -0.4 is 29.6 Å². The number of amides is 2. The molecule has 178 valence electrons. The van der Waals surface area contributed by atoms with Gasteiger partial charge in [0.25, 0.3) is 11.8 Å². The van der Waals surface area contributed by atoms with Crippen molar-refractivity contribution >= 4 is 11.8 Å². The van der Waals surface area contributed by atoms with E-state index in [4.69, 9.17) is 18.9 Å². The molecule has 0 aliphatic carbocycles. The molecule has 0 spiro atoms. The number of benzene rings is 3. The van der Waals surface area contributed by atoms with Crippen LogP contribution >= 0.6 is 0 Å². The first-order valence-corrected chi connectivity index (χ1v) is 10.7. The lowest BCUT2D eigenvalue weighted by molar-refractivity contribution is -0.124.